The number of rotatable bonds is 7. The lowest BCUT2D eigenvalue weighted by atomic mass is 9.78. The first-order valence-electron chi connectivity index (χ1n) is 11.8. The molecule has 1 aliphatic heterocycles. The SMILES string of the molecule is Cc1ccc(C2C(C#N)=C(N)N(c3nnc(SCC(=O)Nc4cccc([N+](=O)[O-])c4)s3)C3=C2C(=O)CCC3)o1. The summed E-state index contributed by atoms with van der Waals surface area (Å²) in [7, 11) is 0. The number of furan rings is 1. The smallest absolute Gasteiger partial charge is 0.271 e. The van der Waals surface area contributed by atoms with Crippen LogP contribution >= 0.6 is 23.1 Å². The Morgan fingerprint density at radius 2 is 2.18 bits per heavy atom. The topological polar surface area (TPSA) is 181 Å². The lowest BCUT2D eigenvalue weighted by Crippen LogP contribution is -2.38. The van der Waals surface area contributed by atoms with Gasteiger partial charge in [0.1, 0.15) is 17.3 Å². The summed E-state index contributed by atoms with van der Waals surface area (Å²) in [5.74, 6) is 0.145. The molecule has 0 saturated carbocycles. The third-order valence-corrected chi connectivity index (χ3v) is 8.26. The van der Waals surface area contributed by atoms with E-state index in [9.17, 15) is 25.0 Å². The predicted molar refractivity (Wildman–Crippen MR) is 144 cm³/mol. The zero-order valence-corrected chi connectivity index (χ0v) is 22.2. The third-order valence-electron chi connectivity index (χ3n) is 6.21. The Hall–Kier alpha value is -4.48. The molecule has 0 bridgehead atoms. The highest BCUT2D eigenvalue weighted by atomic mass is 32.2. The summed E-state index contributed by atoms with van der Waals surface area (Å²) in [6.07, 6.45) is 1.55. The Labute approximate surface area is 230 Å². The summed E-state index contributed by atoms with van der Waals surface area (Å²) >= 11 is 2.31. The number of hydrogen-bond donors (Lipinski definition) is 2. The number of nitro groups is 1. The molecular weight excluding hydrogens is 542 g/mol. The number of aromatic nitrogens is 2. The quantitative estimate of drug-likeness (QED) is 0.236. The molecule has 1 aliphatic carbocycles. The highest BCUT2D eigenvalue weighted by Crippen LogP contribution is 2.47. The highest BCUT2D eigenvalue weighted by Gasteiger charge is 2.42. The minimum atomic E-state index is -0.693. The van der Waals surface area contributed by atoms with Crippen LogP contribution < -0.4 is 16.0 Å². The first-order chi connectivity index (χ1) is 18.8. The number of nitro benzene ring substituents is 1. The molecule has 0 saturated heterocycles. The standard InChI is InChI=1S/C25H21N7O5S2/c1-13-8-9-19(37-13)21-16(11-26)23(27)31(17-6-3-7-18(33)22(17)21)24-29-30-25(39-24)38-12-20(34)28-14-4-2-5-15(10-14)32(35)36/h2,4-5,8-10,21H,3,6-7,12,27H2,1H3,(H,28,34). The van der Waals surface area contributed by atoms with E-state index >= 15 is 0 Å². The van der Waals surface area contributed by atoms with Crippen LogP contribution in [0, 0.1) is 28.4 Å². The number of allylic oxidation sites excluding steroid dienone is 3. The first kappa shape index (κ1) is 26.1. The van der Waals surface area contributed by atoms with Gasteiger partial charge >= 0.3 is 0 Å². The van der Waals surface area contributed by atoms with Gasteiger partial charge in [0, 0.05) is 35.5 Å². The van der Waals surface area contributed by atoms with Crippen molar-refractivity contribution in [3.8, 4) is 6.07 Å². The van der Waals surface area contributed by atoms with Gasteiger partial charge in [0.2, 0.25) is 11.0 Å². The van der Waals surface area contributed by atoms with Crippen molar-refractivity contribution < 1.29 is 18.9 Å². The van der Waals surface area contributed by atoms with Crippen molar-refractivity contribution in [3.05, 3.63) is 80.7 Å². The van der Waals surface area contributed by atoms with Gasteiger partial charge in [-0.2, -0.15) is 5.26 Å². The molecule has 12 nitrogen and oxygen atoms in total. The summed E-state index contributed by atoms with van der Waals surface area (Å²) in [5.41, 5.74) is 8.04. The molecule has 2 aromatic heterocycles. The Balaban J connectivity index is 1.38. The average molecular weight is 564 g/mol. The largest absolute Gasteiger partial charge is 0.465 e. The fraction of sp³-hybridized carbons (Fsp3) is 0.240. The molecule has 14 heteroatoms. The molecule has 1 aromatic carbocycles. The van der Waals surface area contributed by atoms with Gasteiger partial charge in [0.15, 0.2) is 10.1 Å². The summed E-state index contributed by atoms with van der Waals surface area (Å²) in [5, 5.41) is 32.4. The van der Waals surface area contributed by atoms with Crippen LogP contribution in [0.15, 0.2) is 67.8 Å². The van der Waals surface area contributed by atoms with Crippen LogP contribution in [0.2, 0.25) is 0 Å². The van der Waals surface area contributed by atoms with Crippen molar-refractivity contribution >= 4 is 51.3 Å². The number of carbonyl (C=O) groups excluding carboxylic acids is 2. The maximum Gasteiger partial charge on any atom is 0.271 e. The number of benzene rings is 1. The Bertz CT molecular complexity index is 1600. The second-order valence-corrected chi connectivity index (χ2v) is 10.9. The number of ketones is 1. The second kappa shape index (κ2) is 10.7. The fourth-order valence-corrected chi connectivity index (χ4v) is 6.25. The van der Waals surface area contributed by atoms with Crippen LogP contribution in [0.25, 0.3) is 0 Å². The number of thioether (sulfide) groups is 1. The molecule has 0 spiro atoms. The van der Waals surface area contributed by atoms with Crippen molar-refractivity contribution in [3.63, 3.8) is 0 Å². The van der Waals surface area contributed by atoms with E-state index in [1.54, 1.807) is 30.0 Å². The van der Waals surface area contributed by atoms with Crippen LogP contribution in [-0.2, 0) is 9.59 Å². The van der Waals surface area contributed by atoms with Gasteiger partial charge < -0.3 is 15.5 Å². The van der Waals surface area contributed by atoms with E-state index in [0.717, 1.165) is 11.8 Å². The van der Waals surface area contributed by atoms with Gasteiger partial charge in [-0.1, -0.05) is 29.2 Å². The van der Waals surface area contributed by atoms with Crippen molar-refractivity contribution in [2.24, 2.45) is 5.73 Å². The zero-order valence-electron chi connectivity index (χ0n) is 20.5. The molecule has 3 aromatic rings. The molecule has 2 aliphatic rings. The number of aryl methyl sites for hydroxylation is 1. The van der Waals surface area contributed by atoms with E-state index in [4.69, 9.17) is 10.2 Å². The van der Waals surface area contributed by atoms with Gasteiger partial charge in [-0.05, 0) is 38.0 Å². The first-order valence-corrected chi connectivity index (χ1v) is 13.6. The highest BCUT2D eigenvalue weighted by molar-refractivity contribution is 8.01. The third kappa shape index (κ3) is 5.14. The van der Waals surface area contributed by atoms with Gasteiger partial charge in [0.05, 0.1) is 28.2 Å². The molecule has 1 atom stereocenters. The molecule has 0 fully saturated rings. The molecule has 0 radical (unpaired) electrons. The number of amides is 1. The molecule has 1 amide bonds. The molecule has 5 rings (SSSR count). The van der Waals surface area contributed by atoms with E-state index in [1.807, 2.05) is 0 Å². The van der Waals surface area contributed by atoms with E-state index < -0.39 is 10.8 Å². The Kier molecular flexibility index (Phi) is 7.18. The summed E-state index contributed by atoms with van der Waals surface area (Å²) in [4.78, 5) is 37.6. The van der Waals surface area contributed by atoms with Gasteiger partial charge in [0.25, 0.3) is 5.69 Å². The average Bonchev–Trinajstić information content (AvgIpc) is 3.56. The normalized spacial score (nSPS) is 17.2. The monoisotopic (exact) mass is 563 g/mol. The summed E-state index contributed by atoms with van der Waals surface area (Å²) < 4.78 is 6.29. The minimum Gasteiger partial charge on any atom is -0.465 e. The lowest BCUT2D eigenvalue weighted by Gasteiger charge is -2.37. The Morgan fingerprint density at radius 3 is 2.90 bits per heavy atom. The van der Waals surface area contributed by atoms with Crippen LogP contribution in [0.3, 0.4) is 0 Å². The molecular formula is C25H21N7O5S2. The summed E-state index contributed by atoms with van der Waals surface area (Å²) in [6.45, 7) is 1.79. The maximum absolute atomic E-state index is 13.1. The fourth-order valence-electron chi connectivity index (χ4n) is 4.57. The van der Waals surface area contributed by atoms with Crippen LogP contribution in [0.1, 0.15) is 36.7 Å². The lowest BCUT2D eigenvalue weighted by molar-refractivity contribution is -0.384. The number of nitrogens with two attached hydrogens (primary N) is 1. The zero-order chi connectivity index (χ0) is 27.7. The molecule has 1 unspecified atom stereocenters. The van der Waals surface area contributed by atoms with Gasteiger partial charge in [-0.15, -0.1) is 10.2 Å². The van der Waals surface area contributed by atoms with E-state index in [0.29, 0.717) is 57.2 Å². The predicted octanol–water partition coefficient (Wildman–Crippen LogP) is 4.38. The summed E-state index contributed by atoms with van der Waals surface area (Å²) in [6, 6.07) is 11.4. The number of nitriles is 1. The second-order valence-electron chi connectivity index (χ2n) is 8.76. The van der Waals surface area contributed by atoms with Crippen LogP contribution in [0.4, 0.5) is 16.5 Å². The van der Waals surface area contributed by atoms with Crippen LogP contribution in [0.5, 0.6) is 0 Å². The number of nitrogens with zero attached hydrogens (tertiary/aromatic N) is 5. The molecule has 3 N–H and O–H groups in total. The van der Waals surface area contributed by atoms with Gasteiger partial charge in [-0.3, -0.25) is 24.6 Å². The molecule has 3 heterocycles. The van der Waals surface area contributed by atoms with Crippen molar-refractivity contribution in [2.45, 2.75) is 36.4 Å². The maximum atomic E-state index is 13.1. The molecule has 198 valence electrons. The number of hydrogen-bond acceptors (Lipinski definition) is 12. The van der Waals surface area contributed by atoms with E-state index in [1.165, 1.54) is 29.5 Å². The van der Waals surface area contributed by atoms with Crippen molar-refractivity contribution in [2.75, 3.05) is 16.0 Å². The minimum absolute atomic E-state index is 0.0154. The number of nitrogens with one attached hydrogen (secondary N) is 1. The van der Waals surface area contributed by atoms with Gasteiger partial charge in [-0.25, -0.2) is 0 Å². The van der Waals surface area contributed by atoms with Crippen molar-refractivity contribution in [1.82, 2.24) is 10.2 Å². The molecule has 39 heavy (non-hydrogen) atoms. The number of carbonyl (C=O) groups is 2. The number of anilines is 2. The van der Waals surface area contributed by atoms with Crippen LogP contribution in [-0.4, -0.2) is 32.6 Å². The van der Waals surface area contributed by atoms with E-state index in [2.05, 4.69) is 21.6 Å². The number of Topliss-reactive ketones (excluding diaryl/α,β-unsaturated/α-hetero) is 1. The number of non-ortho nitro benzene ring substituents is 1. The van der Waals surface area contributed by atoms with Crippen molar-refractivity contribution in [1.29, 1.82) is 5.26 Å². The Morgan fingerprint density at radius 1 is 1.36 bits per heavy atom. The van der Waals surface area contributed by atoms with E-state index in [-0.39, 0.29) is 34.5 Å².